The highest BCUT2D eigenvalue weighted by atomic mass is 19.3. The third-order valence-electron chi connectivity index (χ3n) is 3.12. The van der Waals surface area contributed by atoms with Crippen LogP contribution in [0.1, 0.15) is 24.0 Å². The molecule has 1 aromatic carbocycles. The number of halogens is 2. The summed E-state index contributed by atoms with van der Waals surface area (Å²) in [6.07, 6.45) is -0.544. The summed E-state index contributed by atoms with van der Waals surface area (Å²) < 4.78 is 30.8. The molecule has 1 aromatic rings. The van der Waals surface area contributed by atoms with E-state index in [1.165, 1.54) is 0 Å². The zero-order chi connectivity index (χ0) is 12.0. The normalized spacial score (nSPS) is 21.3. The summed E-state index contributed by atoms with van der Waals surface area (Å²) in [6, 6.07) is 5.37. The van der Waals surface area contributed by atoms with Gasteiger partial charge in [0.15, 0.2) is 0 Å². The van der Waals surface area contributed by atoms with Crippen molar-refractivity contribution in [3.8, 4) is 5.75 Å². The van der Waals surface area contributed by atoms with E-state index < -0.39 is 11.5 Å². The van der Waals surface area contributed by atoms with E-state index in [0.717, 1.165) is 16.9 Å². The second-order valence-electron chi connectivity index (χ2n) is 4.55. The minimum absolute atomic E-state index is 0.272. The number of benzene rings is 1. The van der Waals surface area contributed by atoms with Gasteiger partial charge < -0.3 is 10.5 Å². The molecule has 0 bridgehead atoms. The molecule has 0 radical (unpaired) electrons. The molecule has 2 rings (SSSR count). The first-order valence-corrected chi connectivity index (χ1v) is 5.18. The van der Waals surface area contributed by atoms with Crippen LogP contribution in [0, 0.1) is 6.92 Å². The van der Waals surface area contributed by atoms with Gasteiger partial charge in [-0.1, -0.05) is 12.1 Å². The van der Waals surface area contributed by atoms with Crippen LogP contribution in [0.4, 0.5) is 8.78 Å². The Morgan fingerprint density at radius 3 is 2.38 bits per heavy atom. The van der Waals surface area contributed by atoms with Crippen LogP contribution in [0.15, 0.2) is 18.2 Å². The van der Waals surface area contributed by atoms with E-state index in [4.69, 9.17) is 10.5 Å². The molecule has 16 heavy (non-hydrogen) atoms. The van der Waals surface area contributed by atoms with E-state index in [-0.39, 0.29) is 12.8 Å². The quantitative estimate of drug-likeness (QED) is 0.842. The lowest BCUT2D eigenvalue weighted by atomic mass is 9.69. The van der Waals surface area contributed by atoms with Gasteiger partial charge in [-0.3, -0.25) is 0 Å². The number of rotatable bonds is 2. The van der Waals surface area contributed by atoms with Crippen molar-refractivity contribution in [2.24, 2.45) is 5.73 Å². The van der Waals surface area contributed by atoms with Crippen LogP contribution >= 0.6 is 0 Å². The van der Waals surface area contributed by atoms with Crippen LogP contribution in [0.3, 0.4) is 0 Å². The molecule has 0 saturated heterocycles. The summed E-state index contributed by atoms with van der Waals surface area (Å²) in [4.78, 5) is 0. The highest BCUT2D eigenvalue weighted by Crippen LogP contribution is 2.50. The van der Waals surface area contributed by atoms with Crippen LogP contribution in [-0.4, -0.2) is 13.0 Å². The molecule has 0 amide bonds. The van der Waals surface area contributed by atoms with Gasteiger partial charge in [0.25, 0.3) is 5.92 Å². The van der Waals surface area contributed by atoms with Crippen LogP contribution in [0.2, 0.25) is 0 Å². The minimum Gasteiger partial charge on any atom is -0.496 e. The summed E-state index contributed by atoms with van der Waals surface area (Å²) in [5, 5.41) is 0. The Bertz CT molecular complexity index is 409. The number of methoxy groups -OCH3 is 1. The highest BCUT2D eigenvalue weighted by molar-refractivity contribution is 5.40. The molecule has 1 aliphatic carbocycles. The summed E-state index contributed by atoms with van der Waals surface area (Å²) in [6.45, 7) is 1.88. The number of alkyl halides is 2. The van der Waals surface area contributed by atoms with E-state index in [2.05, 4.69) is 0 Å². The van der Waals surface area contributed by atoms with Crippen molar-refractivity contribution in [3.63, 3.8) is 0 Å². The van der Waals surface area contributed by atoms with Crippen LogP contribution in [0.5, 0.6) is 5.75 Å². The summed E-state index contributed by atoms with van der Waals surface area (Å²) >= 11 is 0. The molecule has 1 fully saturated rings. The molecule has 0 heterocycles. The smallest absolute Gasteiger partial charge is 0.252 e. The standard InChI is InChI=1S/C12H15F2NO/c1-8-5-9(3-4-10(8)16-2)11(15)6-12(13,14)7-11/h3-5H,6-7,15H2,1-2H3. The van der Waals surface area contributed by atoms with Gasteiger partial charge in [-0.25, -0.2) is 8.78 Å². The van der Waals surface area contributed by atoms with Gasteiger partial charge in [0.05, 0.1) is 12.6 Å². The lowest BCUT2D eigenvalue weighted by Gasteiger charge is -2.45. The summed E-state index contributed by atoms with van der Waals surface area (Å²) in [7, 11) is 1.58. The maximum absolute atomic E-state index is 12.9. The number of hydrogen-bond donors (Lipinski definition) is 1. The van der Waals surface area contributed by atoms with Gasteiger partial charge >= 0.3 is 0 Å². The van der Waals surface area contributed by atoms with E-state index in [1.54, 1.807) is 19.2 Å². The zero-order valence-corrected chi connectivity index (χ0v) is 9.39. The maximum Gasteiger partial charge on any atom is 0.252 e. The predicted octanol–water partition coefficient (Wildman–Crippen LogP) is 2.59. The lowest BCUT2D eigenvalue weighted by molar-refractivity contribution is -0.125. The van der Waals surface area contributed by atoms with Gasteiger partial charge in [0, 0.05) is 12.8 Å². The number of nitrogens with two attached hydrogens (primary N) is 1. The van der Waals surface area contributed by atoms with Gasteiger partial charge in [-0.15, -0.1) is 0 Å². The molecule has 0 aliphatic heterocycles. The van der Waals surface area contributed by atoms with Crippen LogP contribution in [0.25, 0.3) is 0 Å². The monoisotopic (exact) mass is 227 g/mol. The van der Waals surface area contributed by atoms with Crippen molar-refractivity contribution < 1.29 is 13.5 Å². The van der Waals surface area contributed by atoms with E-state index in [0.29, 0.717) is 0 Å². The van der Waals surface area contributed by atoms with Crippen molar-refractivity contribution >= 4 is 0 Å². The van der Waals surface area contributed by atoms with Crippen molar-refractivity contribution in [1.82, 2.24) is 0 Å². The fraction of sp³-hybridized carbons (Fsp3) is 0.500. The Morgan fingerprint density at radius 2 is 1.94 bits per heavy atom. The Labute approximate surface area is 93.4 Å². The maximum atomic E-state index is 12.9. The Balaban J connectivity index is 2.26. The third-order valence-corrected chi connectivity index (χ3v) is 3.12. The largest absolute Gasteiger partial charge is 0.496 e. The molecule has 88 valence electrons. The average Bonchev–Trinajstić information content (AvgIpc) is 2.14. The topological polar surface area (TPSA) is 35.2 Å². The molecule has 1 aliphatic rings. The van der Waals surface area contributed by atoms with Gasteiger partial charge in [0.2, 0.25) is 0 Å². The van der Waals surface area contributed by atoms with E-state index >= 15 is 0 Å². The second kappa shape index (κ2) is 3.42. The number of ether oxygens (including phenoxy) is 1. The van der Waals surface area contributed by atoms with E-state index in [9.17, 15) is 8.78 Å². The molecular formula is C12H15F2NO. The highest BCUT2D eigenvalue weighted by Gasteiger charge is 2.55. The molecular weight excluding hydrogens is 212 g/mol. The van der Waals surface area contributed by atoms with Crippen molar-refractivity contribution in [2.45, 2.75) is 31.2 Å². The SMILES string of the molecule is COc1ccc(C2(N)CC(F)(F)C2)cc1C. The second-order valence-corrected chi connectivity index (χ2v) is 4.55. The van der Waals surface area contributed by atoms with Crippen LogP contribution in [-0.2, 0) is 5.54 Å². The van der Waals surface area contributed by atoms with Gasteiger partial charge in [0.1, 0.15) is 5.75 Å². The molecule has 1 saturated carbocycles. The van der Waals surface area contributed by atoms with Crippen molar-refractivity contribution in [2.75, 3.05) is 7.11 Å². The first kappa shape index (κ1) is 11.3. The molecule has 0 spiro atoms. The molecule has 2 nitrogen and oxygen atoms in total. The predicted molar refractivity (Wildman–Crippen MR) is 57.8 cm³/mol. The van der Waals surface area contributed by atoms with Crippen LogP contribution < -0.4 is 10.5 Å². The van der Waals surface area contributed by atoms with Gasteiger partial charge in [-0.05, 0) is 24.1 Å². The summed E-state index contributed by atoms with van der Waals surface area (Å²) in [5.41, 5.74) is 6.74. The fourth-order valence-corrected chi connectivity index (χ4v) is 2.26. The molecule has 0 atom stereocenters. The molecule has 4 heteroatoms. The number of aryl methyl sites for hydroxylation is 1. The summed E-state index contributed by atoms with van der Waals surface area (Å²) in [5.74, 6) is -1.86. The average molecular weight is 227 g/mol. The van der Waals surface area contributed by atoms with Crippen molar-refractivity contribution in [3.05, 3.63) is 29.3 Å². The zero-order valence-electron chi connectivity index (χ0n) is 9.39. The van der Waals surface area contributed by atoms with Crippen molar-refractivity contribution in [1.29, 1.82) is 0 Å². The molecule has 0 aromatic heterocycles. The van der Waals surface area contributed by atoms with Gasteiger partial charge in [-0.2, -0.15) is 0 Å². The van der Waals surface area contributed by atoms with E-state index in [1.807, 2.05) is 13.0 Å². The first-order chi connectivity index (χ1) is 7.36. The third kappa shape index (κ3) is 1.78. The number of hydrogen-bond acceptors (Lipinski definition) is 2. The minimum atomic E-state index is -2.61. The first-order valence-electron chi connectivity index (χ1n) is 5.18. The molecule has 2 N–H and O–H groups in total. The molecule has 0 unspecified atom stereocenters. The Hall–Kier alpha value is -1.16. The fourth-order valence-electron chi connectivity index (χ4n) is 2.26. The Morgan fingerprint density at radius 1 is 1.31 bits per heavy atom. The lowest BCUT2D eigenvalue weighted by Crippen LogP contribution is -2.55. The Kier molecular flexibility index (Phi) is 2.42.